The molecule has 1 aromatic carbocycles. The van der Waals surface area contributed by atoms with Gasteiger partial charge in [0.15, 0.2) is 0 Å². The summed E-state index contributed by atoms with van der Waals surface area (Å²) in [6.45, 7) is 5.31. The Bertz CT molecular complexity index is 489. The maximum atomic E-state index is 12.2. The molecule has 4 nitrogen and oxygen atoms in total. The van der Waals surface area contributed by atoms with Gasteiger partial charge < -0.3 is 9.64 Å². The second-order valence-electron chi connectivity index (χ2n) is 5.37. The van der Waals surface area contributed by atoms with Crippen LogP contribution in [0.5, 0.6) is 0 Å². The van der Waals surface area contributed by atoms with Gasteiger partial charge in [-0.05, 0) is 31.4 Å². The van der Waals surface area contributed by atoms with Crippen molar-refractivity contribution in [3.63, 3.8) is 0 Å². The number of carbonyl (C=O) groups excluding carboxylic acids is 1. The normalized spacial score (nSPS) is 31.2. The Labute approximate surface area is 113 Å². The lowest BCUT2D eigenvalue weighted by atomic mass is 10.0. The molecule has 3 rings (SSSR count). The molecule has 2 aliphatic rings. The van der Waals surface area contributed by atoms with E-state index in [0.717, 1.165) is 13.0 Å². The van der Waals surface area contributed by atoms with Crippen molar-refractivity contribution < 1.29 is 9.53 Å². The van der Waals surface area contributed by atoms with Crippen LogP contribution in [0.25, 0.3) is 0 Å². The van der Waals surface area contributed by atoms with Crippen molar-refractivity contribution in [1.82, 2.24) is 10.2 Å². The lowest BCUT2D eigenvalue weighted by molar-refractivity contribution is -0.131. The van der Waals surface area contributed by atoms with Gasteiger partial charge in [0.25, 0.3) is 0 Å². The van der Waals surface area contributed by atoms with Crippen molar-refractivity contribution in [1.29, 1.82) is 0 Å². The van der Waals surface area contributed by atoms with E-state index in [1.54, 1.807) is 0 Å². The molecule has 2 heterocycles. The summed E-state index contributed by atoms with van der Waals surface area (Å²) in [6.07, 6.45) is 1.04. The van der Waals surface area contributed by atoms with Gasteiger partial charge in [0.05, 0.1) is 18.7 Å². The van der Waals surface area contributed by atoms with Gasteiger partial charge in [0, 0.05) is 6.61 Å². The highest BCUT2D eigenvalue weighted by Gasteiger charge is 2.41. The molecule has 2 aliphatic heterocycles. The summed E-state index contributed by atoms with van der Waals surface area (Å²) in [5, 5.41) is 3.33. The number of carbonyl (C=O) groups is 1. The van der Waals surface area contributed by atoms with Crippen LogP contribution in [0.2, 0.25) is 0 Å². The minimum absolute atomic E-state index is 0.0113. The van der Waals surface area contributed by atoms with Crippen LogP contribution in [0, 0.1) is 6.92 Å². The minimum atomic E-state index is -0.0113. The Morgan fingerprint density at radius 2 is 2.16 bits per heavy atom. The highest BCUT2D eigenvalue weighted by atomic mass is 16.5. The number of amides is 1. The second-order valence-corrected chi connectivity index (χ2v) is 5.37. The molecular weight excluding hydrogens is 240 g/mol. The van der Waals surface area contributed by atoms with Crippen LogP contribution in [-0.4, -0.2) is 36.1 Å². The summed E-state index contributed by atoms with van der Waals surface area (Å²) >= 11 is 0. The zero-order chi connectivity index (χ0) is 13.4. The third-order valence-electron chi connectivity index (χ3n) is 4.19. The van der Waals surface area contributed by atoms with E-state index in [2.05, 4.69) is 31.3 Å². The van der Waals surface area contributed by atoms with Gasteiger partial charge in [0.1, 0.15) is 6.17 Å². The lowest BCUT2D eigenvalue weighted by Crippen LogP contribution is -2.43. The fraction of sp³-hybridized carbons (Fsp3) is 0.533. The highest BCUT2D eigenvalue weighted by molar-refractivity contribution is 5.81. The average Bonchev–Trinajstić information content (AvgIpc) is 2.96. The Morgan fingerprint density at radius 1 is 1.37 bits per heavy atom. The summed E-state index contributed by atoms with van der Waals surface area (Å²) in [5.41, 5.74) is 2.40. The molecule has 0 radical (unpaired) electrons. The third-order valence-corrected chi connectivity index (χ3v) is 4.19. The van der Waals surface area contributed by atoms with Crippen molar-refractivity contribution >= 4 is 5.91 Å². The van der Waals surface area contributed by atoms with Crippen molar-refractivity contribution in [3.05, 3.63) is 35.4 Å². The zero-order valence-corrected chi connectivity index (χ0v) is 11.4. The Hall–Kier alpha value is -1.39. The number of hydrogen-bond acceptors (Lipinski definition) is 3. The molecule has 3 atom stereocenters. The van der Waals surface area contributed by atoms with E-state index in [4.69, 9.17) is 4.74 Å². The molecule has 2 fully saturated rings. The van der Waals surface area contributed by atoms with Gasteiger partial charge in [-0.1, -0.05) is 24.3 Å². The maximum Gasteiger partial charge on any atom is 0.238 e. The number of aryl methyl sites for hydroxylation is 1. The van der Waals surface area contributed by atoms with E-state index in [0.29, 0.717) is 6.54 Å². The number of rotatable bonds is 2. The smallest absolute Gasteiger partial charge is 0.238 e. The molecule has 0 saturated carbocycles. The average molecular weight is 260 g/mol. The van der Waals surface area contributed by atoms with E-state index in [1.807, 2.05) is 17.0 Å². The van der Waals surface area contributed by atoms with Gasteiger partial charge in [-0.15, -0.1) is 0 Å². The first kappa shape index (κ1) is 12.6. The summed E-state index contributed by atoms with van der Waals surface area (Å²) in [5.74, 6) is 0.176. The molecule has 3 unspecified atom stereocenters. The van der Waals surface area contributed by atoms with Crippen LogP contribution in [0.1, 0.15) is 30.6 Å². The van der Waals surface area contributed by atoms with Crippen LogP contribution in [0.15, 0.2) is 24.3 Å². The molecule has 0 spiro atoms. The summed E-state index contributed by atoms with van der Waals surface area (Å²) in [6, 6.07) is 8.43. The Morgan fingerprint density at radius 3 is 2.84 bits per heavy atom. The molecular formula is C15H20N2O2. The quantitative estimate of drug-likeness (QED) is 0.878. The largest absolute Gasteiger partial charge is 0.376 e. The van der Waals surface area contributed by atoms with Crippen molar-refractivity contribution in [2.75, 3.05) is 13.2 Å². The first-order chi connectivity index (χ1) is 9.18. The highest BCUT2D eigenvalue weighted by Crippen LogP contribution is 2.31. The van der Waals surface area contributed by atoms with Crippen LogP contribution < -0.4 is 5.32 Å². The Balaban J connectivity index is 1.92. The number of nitrogens with zero attached hydrogens (tertiary/aromatic N) is 1. The Kier molecular flexibility index (Phi) is 3.29. The molecule has 0 bridgehead atoms. The van der Waals surface area contributed by atoms with Crippen molar-refractivity contribution in [3.8, 4) is 0 Å². The number of hydrogen-bond donors (Lipinski definition) is 1. The van der Waals surface area contributed by atoms with Crippen LogP contribution in [-0.2, 0) is 9.53 Å². The first-order valence-electron chi connectivity index (χ1n) is 6.90. The summed E-state index contributed by atoms with van der Waals surface area (Å²) in [4.78, 5) is 14.2. The van der Waals surface area contributed by atoms with Crippen LogP contribution in [0.4, 0.5) is 0 Å². The molecule has 0 aromatic heterocycles. The first-order valence-corrected chi connectivity index (χ1v) is 6.90. The second kappa shape index (κ2) is 4.94. The standard InChI is InChI=1S/C15H20N2O2/c1-10-5-3-4-6-12(10)15-16-9-14(18)17(15)13-7-8-19-11(13)2/h3-6,11,13,15-16H,7-9H2,1-2H3. The zero-order valence-electron chi connectivity index (χ0n) is 11.4. The molecule has 1 amide bonds. The molecule has 0 aliphatic carbocycles. The number of benzene rings is 1. The maximum absolute atomic E-state index is 12.2. The van der Waals surface area contributed by atoms with E-state index in [1.165, 1.54) is 11.1 Å². The fourth-order valence-electron chi connectivity index (χ4n) is 3.13. The molecule has 19 heavy (non-hydrogen) atoms. The lowest BCUT2D eigenvalue weighted by Gasteiger charge is -2.32. The fourth-order valence-corrected chi connectivity index (χ4v) is 3.13. The number of nitrogens with one attached hydrogen (secondary N) is 1. The van der Waals surface area contributed by atoms with Gasteiger partial charge in [-0.3, -0.25) is 10.1 Å². The molecule has 102 valence electrons. The minimum Gasteiger partial charge on any atom is -0.376 e. The molecule has 1 N–H and O–H groups in total. The van der Waals surface area contributed by atoms with Gasteiger partial charge >= 0.3 is 0 Å². The van der Waals surface area contributed by atoms with Crippen LogP contribution in [0.3, 0.4) is 0 Å². The third kappa shape index (κ3) is 2.15. The SMILES string of the molecule is Cc1ccccc1C1NCC(=O)N1C1CCOC1C. The van der Waals surface area contributed by atoms with E-state index >= 15 is 0 Å². The predicted molar refractivity (Wildman–Crippen MR) is 72.6 cm³/mol. The van der Waals surface area contributed by atoms with E-state index in [9.17, 15) is 4.79 Å². The van der Waals surface area contributed by atoms with Crippen molar-refractivity contribution in [2.45, 2.75) is 38.6 Å². The van der Waals surface area contributed by atoms with E-state index < -0.39 is 0 Å². The predicted octanol–water partition coefficient (Wildman–Crippen LogP) is 1.60. The summed E-state index contributed by atoms with van der Waals surface area (Å²) < 4.78 is 5.62. The van der Waals surface area contributed by atoms with Gasteiger partial charge in [-0.2, -0.15) is 0 Å². The van der Waals surface area contributed by atoms with E-state index in [-0.39, 0.29) is 24.2 Å². The molecule has 4 heteroatoms. The number of ether oxygens (including phenoxy) is 1. The monoisotopic (exact) mass is 260 g/mol. The van der Waals surface area contributed by atoms with Gasteiger partial charge in [-0.25, -0.2) is 0 Å². The van der Waals surface area contributed by atoms with Crippen LogP contribution >= 0.6 is 0 Å². The van der Waals surface area contributed by atoms with Gasteiger partial charge in [0.2, 0.25) is 5.91 Å². The topological polar surface area (TPSA) is 41.6 Å². The summed E-state index contributed by atoms with van der Waals surface area (Å²) in [7, 11) is 0. The molecule has 1 aromatic rings. The molecule has 2 saturated heterocycles. The van der Waals surface area contributed by atoms with Crippen molar-refractivity contribution in [2.24, 2.45) is 0 Å².